The average molecular weight is 229 g/mol. The fraction of sp³-hybridized carbons (Fsp3) is 0.357. The molecule has 1 aromatic carbocycles. The predicted molar refractivity (Wildman–Crippen MR) is 74.2 cm³/mol. The first-order valence-corrected chi connectivity index (χ1v) is 5.96. The van der Waals surface area contributed by atoms with E-state index in [9.17, 15) is 0 Å². The van der Waals surface area contributed by atoms with E-state index in [2.05, 4.69) is 43.2 Å². The minimum absolute atomic E-state index is 0.586. The Balaban J connectivity index is 2.50. The Morgan fingerprint density at radius 1 is 1.35 bits per heavy atom. The van der Waals surface area contributed by atoms with Gasteiger partial charge in [0.1, 0.15) is 0 Å². The van der Waals surface area contributed by atoms with Gasteiger partial charge in [0.05, 0.1) is 23.1 Å². The van der Waals surface area contributed by atoms with Crippen molar-refractivity contribution >= 4 is 22.3 Å². The first-order chi connectivity index (χ1) is 8.08. The highest BCUT2D eigenvalue weighted by molar-refractivity contribution is 5.97. The second-order valence-corrected chi connectivity index (χ2v) is 4.88. The Morgan fingerprint density at radius 3 is 2.82 bits per heavy atom. The van der Waals surface area contributed by atoms with Gasteiger partial charge in [0.15, 0.2) is 0 Å². The fourth-order valence-electron chi connectivity index (χ4n) is 1.83. The lowest BCUT2D eigenvalue weighted by molar-refractivity contribution is 0.689. The van der Waals surface area contributed by atoms with Crippen LogP contribution < -0.4 is 11.1 Å². The Kier molecular flexibility index (Phi) is 3.18. The van der Waals surface area contributed by atoms with E-state index in [-0.39, 0.29) is 0 Å². The summed E-state index contributed by atoms with van der Waals surface area (Å²) in [6.07, 6.45) is 1.72. The normalized spacial score (nSPS) is 11.1. The number of nitrogens with zero attached hydrogens (tertiary/aromatic N) is 1. The SMILES string of the molecule is Cc1ccc2ncc(N)c(NCC(C)C)c2c1. The van der Waals surface area contributed by atoms with Crippen molar-refractivity contribution < 1.29 is 0 Å². The molecule has 2 rings (SSSR count). The summed E-state index contributed by atoms with van der Waals surface area (Å²) in [5, 5.41) is 4.52. The van der Waals surface area contributed by atoms with E-state index in [1.807, 2.05) is 6.07 Å². The van der Waals surface area contributed by atoms with Crippen LogP contribution in [0, 0.1) is 12.8 Å². The van der Waals surface area contributed by atoms with E-state index in [0.29, 0.717) is 11.6 Å². The number of benzene rings is 1. The third kappa shape index (κ3) is 2.49. The van der Waals surface area contributed by atoms with Gasteiger partial charge in [-0.05, 0) is 25.0 Å². The van der Waals surface area contributed by atoms with E-state index < -0.39 is 0 Å². The third-order valence-electron chi connectivity index (χ3n) is 2.74. The molecule has 2 aromatic rings. The average Bonchev–Trinajstić information content (AvgIpc) is 2.27. The number of hydrogen-bond acceptors (Lipinski definition) is 3. The van der Waals surface area contributed by atoms with Crippen molar-refractivity contribution in [1.82, 2.24) is 4.98 Å². The molecule has 0 unspecified atom stereocenters. The topological polar surface area (TPSA) is 50.9 Å². The van der Waals surface area contributed by atoms with Gasteiger partial charge in [0.25, 0.3) is 0 Å². The van der Waals surface area contributed by atoms with Crippen molar-refractivity contribution in [3.05, 3.63) is 30.0 Å². The highest BCUT2D eigenvalue weighted by atomic mass is 14.9. The molecule has 3 N–H and O–H groups in total. The number of aryl methyl sites for hydroxylation is 1. The molecule has 0 bridgehead atoms. The van der Waals surface area contributed by atoms with Crippen molar-refractivity contribution in [2.75, 3.05) is 17.6 Å². The largest absolute Gasteiger partial charge is 0.396 e. The number of rotatable bonds is 3. The first-order valence-electron chi connectivity index (χ1n) is 5.96. The third-order valence-corrected chi connectivity index (χ3v) is 2.74. The van der Waals surface area contributed by atoms with Gasteiger partial charge in [0.2, 0.25) is 0 Å². The predicted octanol–water partition coefficient (Wildman–Crippen LogP) is 3.19. The van der Waals surface area contributed by atoms with Gasteiger partial charge in [-0.2, -0.15) is 0 Å². The number of anilines is 2. The van der Waals surface area contributed by atoms with Crippen molar-refractivity contribution in [2.45, 2.75) is 20.8 Å². The van der Waals surface area contributed by atoms with Crippen LogP contribution in [-0.2, 0) is 0 Å². The Bertz CT molecular complexity index is 527. The van der Waals surface area contributed by atoms with Crippen LogP contribution in [0.15, 0.2) is 24.4 Å². The number of fused-ring (bicyclic) bond motifs is 1. The Morgan fingerprint density at radius 2 is 2.12 bits per heavy atom. The quantitative estimate of drug-likeness (QED) is 0.849. The van der Waals surface area contributed by atoms with Crippen LogP contribution >= 0.6 is 0 Å². The van der Waals surface area contributed by atoms with Gasteiger partial charge in [-0.25, -0.2) is 0 Å². The maximum atomic E-state index is 6.00. The van der Waals surface area contributed by atoms with Crippen LogP contribution in [0.2, 0.25) is 0 Å². The van der Waals surface area contributed by atoms with Crippen molar-refractivity contribution in [3.8, 4) is 0 Å². The number of nitrogens with one attached hydrogen (secondary N) is 1. The molecular formula is C14H19N3. The number of nitrogens with two attached hydrogens (primary N) is 1. The maximum Gasteiger partial charge on any atom is 0.0743 e. The molecule has 0 spiro atoms. The van der Waals surface area contributed by atoms with E-state index in [1.54, 1.807) is 6.20 Å². The van der Waals surface area contributed by atoms with Crippen LogP contribution in [0.5, 0.6) is 0 Å². The highest BCUT2D eigenvalue weighted by Crippen LogP contribution is 2.28. The number of nitrogen functional groups attached to an aromatic ring is 1. The van der Waals surface area contributed by atoms with E-state index in [4.69, 9.17) is 5.73 Å². The molecule has 17 heavy (non-hydrogen) atoms. The number of hydrogen-bond donors (Lipinski definition) is 2. The lowest BCUT2D eigenvalue weighted by Crippen LogP contribution is -2.10. The smallest absolute Gasteiger partial charge is 0.0743 e. The zero-order chi connectivity index (χ0) is 12.4. The summed E-state index contributed by atoms with van der Waals surface area (Å²) in [4.78, 5) is 4.34. The molecule has 0 amide bonds. The highest BCUT2D eigenvalue weighted by Gasteiger charge is 2.07. The van der Waals surface area contributed by atoms with Crippen LogP contribution in [0.25, 0.3) is 10.9 Å². The van der Waals surface area contributed by atoms with Crippen molar-refractivity contribution in [2.24, 2.45) is 5.92 Å². The van der Waals surface area contributed by atoms with E-state index in [0.717, 1.165) is 23.1 Å². The van der Waals surface area contributed by atoms with Crippen LogP contribution in [0.1, 0.15) is 19.4 Å². The summed E-state index contributed by atoms with van der Waals surface area (Å²) in [5.41, 5.74) is 9.92. The molecule has 0 saturated heterocycles. The first kappa shape index (κ1) is 11.7. The molecule has 0 saturated carbocycles. The lowest BCUT2D eigenvalue weighted by atomic mass is 10.1. The Hall–Kier alpha value is -1.77. The zero-order valence-electron chi connectivity index (χ0n) is 10.6. The summed E-state index contributed by atoms with van der Waals surface area (Å²) in [5.74, 6) is 0.586. The summed E-state index contributed by atoms with van der Waals surface area (Å²) in [6.45, 7) is 7.35. The minimum Gasteiger partial charge on any atom is -0.396 e. The molecule has 0 radical (unpaired) electrons. The van der Waals surface area contributed by atoms with Gasteiger partial charge in [0, 0.05) is 11.9 Å². The fourth-order valence-corrected chi connectivity index (χ4v) is 1.83. The van der Waals surface area contributed by atoms with Gasteiger partial charge < -0.3 is 11.1 Å². The second-order valence-electron chi connectivity index (χ2n) is 4.88. The van der Waals surface area contributed by atoms with Gasteiger partial charge >= 0.3 is 0 Å². The Labute approximate surface area is 102 Å². The molecule has 0 fully saturated rings. The number of pyridine rings is 1. The van der Waals surface area contributed by atoms with Gasteiger partial charge in [-0.3, -0.25) is 4.98 Å². The second kappa shape index (κ2) is 4.62. The van der Waals surface area contributed by atoms with Crippen LogP contribution in [0.3, 0.4) is 0 Å². The standard InChI is InChI=1S/C14H19N3/c1-9(2)7-17-14-11-6-10(3)4-5-13(11)16-8-12(14)15/h4-6,8-9H,7,15H2,1-3H3,(H,16,17). The van der Waals surface area contributed by atoms with Gasteiger partial charge in [-0.15, -0.1) is 0 Å². The van der Waals surface area contributed by atoms with E-state index in [1.165, 1.54) is 5.56 Å². The molecule has 0 aliphatic carbocycles. The molecule has 0 aliphatic rings. The van der Waals surface area contributed by atoms with E-state index >= 15 is 0 Å². The molecular weight excluding hydrogens is 210 g/mol. The molecule has 3 heteroatoms. The monoisotopic (exact) mass is 229 g/mol. The van der Waals surface area contributed by atoms with Crippen LogP contribution in [-0.4, -0.2) is 11.5 Å². The summed E-state index contributed by atoms with van der Waals surface area (Å²) in [6, 6.07) is 6.23. The summed E-state index contributed by atoms with van der Waals surface area (Å²) < 4.78 is 0. The van der Waals surface area contributed by atoms with Gasteiger partial charge in [-0.1, -0.05) is 25.5 Å². The number of aromatic nitrogens is 1. The molecule has 3 nitrogen and oxygen atoms in total. The molecule has 0 atom stereocenters. The van der Waals surface area contributed by atoms with Crippen molar-refractivity contribution in [3.63, 3.8) is 0 Å². The molecule has 0 aliphatic heterocycles. The molecule has 90 valence electrons. The van der Waals surface area contributed by atoms with Crippen molar-refractivity contribution in [1.29, 1.82) is 0 Å². The summed E-state index contributed by atoms with van der Waals surface area (Å²) >= 11 is 0. The minimum atomic E-state index is 0.586. The molecule has 1 heterocycles. The maximum absolute atomic E-state index is 6.00. The summed E-state index contributed by atoms with van der Waals surface area (Å²) in [7, 11) is 0. The lowest BCUT2D eigenvalue weighted by Gasteiger charge is -2.14. The van der Waals surface area contributed by atoms with Crippen LogP contribution in [0.4, 0.5) is 11.4 Å². The zero-order valence-corrected chi connectivity index (χ0v) is 10.6. The molecule has 1 aromatic heterocycles.